The summed E-state index contributed by atoms with van der Waals surface area (Å²) in [5, 5.41) is 17.3. The summed E-state index contributed by atoms with van der Waals surface area (Å²) in [4.78, 5) is 3.68. The molecule has 0 bridgehead atoms. The average Bonchev–Trinajstić information content (AvgIpc) is 3.88. The first kappa shape index (κ1) is 30.7. The zero-order valence-corrected chi connectivity index (χ0v) is 29.5. The number of rotatable bonds is 4. The highest BCUT2D eigenvalue weighted by Crippen LogP contribution is 2.39. The summed E-state index contributed by atoms with van der Waals surface area (Å²) < 4.78 is 6.91. The van der Waals surface area contributed by atoms with E-state index in [-0.39, 0.29) is 0 Å². The molecular formula is C50H29N5. The van der Waals surface area contributed by atoms with Crippen LogP contribution in [0.25, 0.3) is 98.5 Å². The summed E-state index contributed by atoms with van der Waals surface area (Å²) >= 11 is 0. The van der Waals surface area contributed by atoms with Gasteiger partial charge in [-0.15, -0.1) is 0 Å². The molecule has 0 amide bonds. The predicted molar refractivity (Wildman–Crippen MR) is 226 cm³/mol. The van der Waals surface area contributed by atoms with Crippen LogP contribution in [0.4, 0.5) is 5.69 Å². The lowest BCUT2D eigenvalue weighted by molar-refractivity contribution is 1.15. The minimum Gasteiger partial charge on any atom is -0.309 e. The second-order valence-corrected chi connectivity index (χ2v) is 14.0. The van der Waals surface area contributed by atoms with E-state index in [1.807, 2.05) is 36.4 Å². The highest BCUT2D eigenvalue weighted by molar-refractivity contribution is 6.12. The van der Waals surface area contributed by atoms with Crippen molar-refractivity contribution in [1.82, 2.24) is 13.7 Å². The third-order valence-electron chi connectivity index (χ3n) is 11.0. The second-order valence-electron chi connectivity index (χ2n) is 14.0. The number of hydrogen-bond acceptors (Lipinski definition) is 1. The molecule has 0 saturated carbocycles. The third kappa shape index (κ3) is 4.58. The predicted octanol–water partition coefficient (Wildman–Crippen LogP) is 13.1. The van der Waals surface area contributed by atoms with Crippen molar-refractivity contribution in [3.8, 4) is 34.3 Å². The van der Waals surface area contributed by atoms with Gasteiger partial charge in [0.25, 0.3) is 0 Å². The lowest BCUT2D eigenvalue weighted by Gasteiger charge is -2.14. The second kappa shape index (κ2) is 11.8. The van der Waals surface area contributed by atoms with E-state index in [0.29, 0.717) is 11.3 Å². The van der Waals surface area contributed by atoms with Crippen molar-refractivity contribution in [2.75, 3.05) is 0 Å². The fourth-order valence-corrected chi connectivity index (χ4v) is 8.66. The fourth-order valence-electron chi connectivity index (χ4n) is 8.66. The summed E-state index contributed by atoms with van der Waals surface area (Å²) in [6.07, 6.45) is 0. The van der Waals surface area contributed by atoms with Crippen LogP contribution >= 0.6 is 0 Å². The molecule has 55 heavy (non-hydrogen) atoms. The Kier molecular flexibility index (Phi) is 6.61. The Labute approximate surface area is 316 Å². The Morgan fingerprint density at radius 2 is 0.873 bits per heavy atom. The van der Waals surface area contributed by atoms with Gasteiger partial charge in [-0.05, 0) is 95.4 Å². The van der Waals surface area contributed by atoms with Crippen LogP contribution in [0.1, 0.15) is 5.56 Å². The SMILES string of the molecule is [C-]#[N+]c1ccc2c(c1)c1ccccc1n2-c1ccc(-c2cc(C#N)cc(-n3c4ccccc4c4ccc(-n5c6ccccc6c6ccccc65)cc43)c2)cc1. The Bertz CT molecular complexity index is 3400. The van der Waals surface area contributed by atoms with Crippen molar-refractivity contribution in [1.29, 1.82) is 5.26 Å². The minimum absolute atomic E-state index is 0.596. The molecule has 0 unspecified atom stereocenters. The summed E-state index contributed by atoms with van der Waals surface area (Å²) in [7, 11) is 0. The van der Waals surface area contributed by atoms with E-state index in [1.165, 1.54) is 10.8 Å². The van der Waals surface area contributed by atoms with Crippen LogP contribution in [0.3, 0.4) is 0 Å². The molecule has 0 aliphatic rings. The van der Waals surface area contributed by atoms with Crippen molar-refractivity contribution >= 4 is 71.1 Å². The van der Waals surface area contributed by atoms with Crippen LogP contribution in [0, 0.1) is 17.9 Å². The lowest BCUT2D eigenvalue weighted by Crippen LogP contribution is -1.98. The Hall–Kier alpha value is -7.86. The fraction of sp³-hybridized carbons (Fsp3) is 0. The zero-order valence-electron chi connectivity index (χ0n) is 29.5. The summed E-state index contributed by atoms with van der Waals surface area (Å²) in [6.45, 7) is 7.56. The van der Waals surface area contributed by atoms with Gasteiger partial charge in [0, 0.05) is 44.0 Å². The summed E-state index contributed by atoms with van der Waals surface area (Å²) in [6, 6.07) is 63.8. The molecule has 0 spiro atoms. The van der Waals surface area contributed by atoms with Gasteiger partial charge in [0.05, 0.1) is 51.3 Å². The minimum atomic E-state index is 0.596. The van der Waals surface area contributed by atoms with Gasteiger partial charge in [-0.2, -0.15) is 5.26 Å². The van der Waals surface area contributed by atoms with E-state index < -0.39 is 0 Å². The Balaban J connectivity index is 1.08. The normalized spacial score (nSPS) is 11.6. The summed E-state index contributed by atoms with van der Waals surface area (Å²) in [5.74, 6) is 0. The van der Waals surface area contributed by atoms with Gasteiger partial charge in [-0.1, -0.05) is 97.1 Å². The maximum absolute atomic E-state index is 10.4. The first-order valence-corrected chi connectivity index (χ1v) is 18.3. The highest BCUT2D eigenvalue weighted by atomic mass is 15.0. The van der Waals surface area contributed by atoms with Crippen molar-refractivity contribution < 1.29 is 0 Å². The molecule has 3 aromatic heterocycles. The van der Waals surface area contributed by atoms with Gasteiger partial charge < -0.3 is 13.7 Å². The molecule has 11 rings (SSSR count). The number of para-hydroxylation sites is 4. The first-order valence-electron chi connectivity index (χ1n) is 18.3. The molecule has 5 heteroatoms. The molecule has 0 aliphatic carbocycles. The van der Waals surface area contributed by atoms with Crippen LogP contribution < -0.4 is 0 Å². The molecule has 0 N–H and O–H groups in total. The number of fused-ring (bicyclic) bond motifs is 9. The van der Waals surface area contributed by atoms with Crippen molar-refractivity contribution in [2.45, 2.75) is 0 Å². The molecule has 0 radical (unpaired) electrons. The first-order chi connectivity index (χ1) is 27.2. The van der Waals surface area contributed by atoms with E-state index in [4.69, 9.17) is 6.57 Å². The highest BCUT2D eigenvalue weighted by Gasteiger charge is 2.18. The molecule has 3 heterocycles. The number of aromatic nitrogens is 3. The van der Waals surface area contributed by atoms with Crippen LogP contribution in [0.5, 0.6) is 0 Å². The van der Waals surface area contributed by atoms with Gasteiger partial charge in [-0.3, -0.25) is 0 Å². The van der Waals surface area contributed by atoms with Crippen LogP contribution in [-0.2, 0) is 0 Å². The molecule has 254 valence electrons. The van der Waals surface area contributed by atoms with E-state index in [2.05, 4.69) is 164 Å². The number of nitrogens with zero attached hydrogens (tertiary/aromatic N) is 5. The molecule has 0 fully saturated rings. The topological polar surface area (TPSA) is 42.9 Å². The molecule has 0 aliphatic heterocycles. The molecule has 0 saturated heterocycles. The smallest absolute Gasteiger partial charge is 0.188 e. The number of nitriles is 1. The van der Waals surface area contributed by atoms with Gasteiger partial charge in [-0.25, -0.2) is 4.85 Å². The number of hydrogen-bond donors (Lipinski definition) is 0. The van der Waals surface area contributed by atoms with Crippen LogP contribution in [-0.4, -0.2) is 13.7 Å². The summed E-state index contributed by atoms with van der Waals surface area (Å²) in [5.41, 5.74) is 12.9. The standard InChI is InChI=1S/C50H29N5/c1-52-35-20-25-49-44(29-35)42-13-5-9-17-48(42)53(49)36-21-18-33(19-22-36)34-26-32(31-51)27-38(28-34)55-47-16-8-4-12-41(47)43-24-23-37(30-50(43)55)54-45-14-6-2-10-39(45)40-11-3-7-15-46(40)54/h2-30H. The van der Waals surface area contributed by atoms with Crippen molar-refractivity contribution in [3.05, 3.63) is 193 Å². The van der Waals surface area contributed by atoms with Gasteiger partial charge in [0.15, 0.2) is 5.69 Å². The molecule has 0 atom stereocenters. The van der Waals surface area contributed by atoms with Gasteiger partial charge >= 0.3 is 0 Å². The van der Waals surface area contributed by atoms with Crippen LogP contribution in [0.15, 0.2) is 176 Å². The van der Waals surface area contributed by atoms with E-state index >= 15 is 0 Å². The maximum Gasteiger partial charge on any atom is 0.188 e. The van der Waals surface area contributed by atoms with E-state index in [0.717, 1.165) is 82.8 Å². The van der Waals surface area contributed by atoms with E-state index in [9.17, 15) is 5.26 Å². The quantitative estimate of drug-likeness (QED) is 0.169. The van der Waals surface area contributed by atoms with Gasteiger partial charge in [0.2, 0.25) is 0 Å². The van der Waals surface area contributed by atoms with E-state index in [1.54, 1.807) is 0 Å². The Morgan fingerprint density at radius 1 is 0.382 bits per heavy atom. The molecule has 5 nitrogen and oxygen atoms in total. The van der Waals surface area contributed by atoms with Crippen LogP contribution in [0.2, 0.25) is 0 Å². The molecule has 8 aromatic carbocycles. The monoisotopic (exact) mass is 699 g/mol. The van der Waals surface area contributed by atoms with Crippen molar-refractivity contribution in [3.63, 3.8) is 0 Å². The zero-order chi connectivity index (χ0) is 36.6. The largest absolute Gasteiger partial charge is 0.309 e. The lowest BCUT2D eigenvalue weighted by atomic mass is 10.0. The Morgan fingerprint density at radius 3 is 1.45 bits per heavy atom. The molecule has 11 aromatic rings. The average molecular weight is 700 g/mol. The molecular weight excluding hydrogens is 671 g/mol. The maximum atomic E-state index is 10.4. The third-order valence-corrected chi connectivity index (χ3v) is 11.0. The van der Waals surface area contributed by atoms with Crippen molar-refractivity contribution in [2.24, 2.45) is 0 Å². The van der Waals surface area contributed by atoms with Gasteiger partial charge in [0.1, 0.15) is 0 Å². The number of benzene rings is 8.